The molecule has 140 valence electrons. The molecule has 4 nitrogen and oxygen atoms in total. The average molecular weight is 382 g/mol. The van der Waals surface area contributed by atoms with E-state index in [0.717, 1.165) is 11.1 Å². The molecule has 0 bridgehead atoms. The lowest BCUT2D eigenvalue weighted by atomic mass is 9.88. The first-order valence-electron chi connectivity index (χ1n) is 8.53. The van der Waals surface area contributed by atoms with E-state index in [1.807, 2.05) is 60.7 Å². The monoisotopic (exact) mass is 382 g/mol. The molecule has 0 saturated carbocycles. The van der Waals surface area contributed by atoms with Crippen molar-refractivity contribution < 1.29 is 19.8 Å². The molecule has 2 aromatic carbocycles. The standard InChI is InChI=1S/C22H22O4S/c23-20(24)13-16-27-17-22(21(25)26,14-11-18-7-3-1-4-8-18)15-12-19-9-5-2-6-10-19/h1-12,14-15H,13,16-17H2,(H,23,24)(H,25,26)/b14-11+,15-12+. The van der Waals surface area contributed by atoms with E-state index >= 15 is 0 Å². The number of hydrogen-bond acceptors (Lipinski definition) is 3. The van der Waals surface area contributed by atoms with Crippen molar-refractivity contribution in [3.63, 3.8) is 0 Å². The number of carboxylic acid groups (broad SMARTS) is 2. The number of carboxylic acids is 2. The molecule has 0 unspecified atom stereocenters. The summed E-state index contributed by atoms with van der Waals surface area (Å²) in [5, 5.41) is 18.8. The Morgan fingerprint density at radius 2 is 1.33 bits per heavy atom. The van der Waals surface area contributed by atoms with Crippen LogP contribution >= 0.6 is 11.8 Å². The zero-order valence-corrected chi connectivity index (χ0v) is 15.6. The fourth-order valence-corrected chi connectivity index (χ4v) is 3.49. The van der Waals surface area contributed by atoms with Crippen LogP contribution in [0.4, 0.5) is 0 Å². The summed E-state index contributed by atoms with van der Waals surface area (Å²) >= 11 is 1.32. The first-order valence-corrected chi connectivity index (χ1v) is 9.69. The van der Waals surface area contributed by atoms with Crippen molar-refractivity contribution in [3.8, 4) is 0 Å². The van der Waals surface area contributed by atoms with Crippen molar-refractivity contribution in [1.82, 2.24) is 0 Å². The van der Waals surface area contributed by atoms with E-state index in [2.05, 4.69) is 0 Å². The fourth-order valence-electron chi connectivity index (χ4n) is 2.37. The fraction of sp³-hybridized carbons (Fsp3) is 0.182. The quantitative estimate of drug-likeness (QED) is 0.583. The summed E-state index contributed by atoms with van der Waals surface area (Å²) in [6.45, 7) is 0. The molecular weight excluding hydrogens is 360 g/mol. The molecule has 0 aromatic heterocycles. The topological polar surface area (TPSA) is 74.6 Å². The number of hydrogen-bond donors (Lipinski definition) is 2. The van der Waals surface area contributed by atoms with E-state index in [-0.39, 0.29) is 12.2 Å². The third kappa shape index (κ3) is 6.79. The van der Waals surface area contributed by atoms with Crippen molar-refractivity contribution in [3.05, 3.63) is 83.9 Å². The number of rotatable bonds is 10. The van der Waals surface area contributed by atoms with Crippen LogP contribution in [-0.2, 0) is 9.59 Å². The van der Waals surface area contributed by atoms with Gasteiger partial charge in [-0.25, -0.2) is 0 Å². The van der Waals surface area contributed by atoms with Gasteiger partial charge in [-0.1, -0.05) is 85.0 Å². The van der Waals surface area contributed by atoms with Gasteiger partial charge in [-0.2, -0.15) is 11.8 Å². The van der Waals surface area contributed by atoms with Gasteiger partial charge in [-0.3, -0.25) is 9.59 Å². The summed E-state index contributed by atoms with van der Waals surface area (Å²) < 4.78 is 0. The van der Waals surface area contributed by atoms with Crippen LogP contribution in [0, 0.1) is 5.41 Å². The molecule has 2 rings (SSSR count). The van der Waals surface area contributed by atoms with Gasteiger partial charge in [-0.05, 0) is 11.1 Å². The summed E-state index contributed by atoms with van der Waals surface area (Å²) in [4.78, 5) is 22.9. The van der Waals surface area contributed by atoms with Gasteiger partial charge in [-0.15, -0.1) is 0 Å². The van der Waals surface area contributed by atoms with Crippen LogP contribution in [0.2, 0.25) is 0 Å². The van der Waals surface area contributed by atoms with Gasteiger partial charge in [0.2, 0.25) is 0 Å². The lowest BCUT2D eigenvalue weighted by molar-refractivity contribution is -0.142. The Balaban J connectivity index is 2.28. The van der Waals surface area contributed by atoms with Gasteiger partial charge in [0.1, 0.15) is 5.41 Å². The Kier molecular flexibility index (Phi) is 7.89. The minimum Gasteiger partial charge on any atom is -0.481 e. The predicted molar refractivity (Wildman–Crippen MR) is 111 cm³/mol. The Morgan fingerprint density at radius 3 is 1.74 bits per heavy atom. The molecule has 0 aliphatic carbocycles. The number of benzene rings is 2. The van der Waals surface area contributed by atoms with Crippen molar-refractivity contribution in [2.45, 2.75) is 6.42 Å². The molecule has 2 N–H and O–H groups in total. The van der Waals surface area contributed by atoms with Crippen LogP contribution in [0.3, 0.4) is 0 Å². The van der Waals surface area contributed by atoms with E-state index in [0.29, 0.717) is 5.75 Å². The van der Waals surface area contributed by atoms with Gasteiger partial charge in [0.15, 0.2) is 0 Å². The van der Waals surface area contributed by atoms with Gasteiger partial charge in [0, 0.05) is 11.5 Å². The molecule has 0 radical (unpaired) electrons. The lowest BCUT2D eigenvalue weighted by Gasteiger charge is -2.22. The largest absolute Gasteiger partial charge is 0.481 e. The van der Waals surface area contributed by atoms with E-state index in [9.17, 15) is 14.7 Å². The van der Waals surface area contributed by atoms with Crippen LogP contribution in [0.1, 0.15) is 17.5 Å². The molecule has 0 heterocycles. The molecule has 0 aliphatic heterocycles. The number of carbonyl (C=O) groups is 2. The van der Waals surface area contributed by atoms with Crippen LogP contribution in [0.15, 0.2) is 72.8 Å². The highest BCUT2D eigenvalue weighted by Crippen LogP contribution is 2.30. The zero-order chi connectivity index (χ0) is 19.5. The van der Waals surface area contributed by atoms with Crippen LogP contribution in [-0.4, -0.2) is 33.7 Å². The number of aliphatic carboxylic acids is 2. The molecule has 2 aromatic rings. The number of thioether (sulfide) groups is 1. The first-order chi connectivity index (χ1) is 13.0. The van der Waals surface area contributed by atoms with Gasteiger partial charge in [0.25, 0.3) is 0 Å². The minimum absolute atomic E-state index is 0.00512. The second-order valence-corrected chi connectivity index (χ2v) is 7.14. The summed E-state index contributed by atoms with van der Waals surface area (Å²) in [5.41, 5.74) is 0.591. The first kappa shape index (κ1) is 20.5. The molecule has 0 fully saturated rings. The van der Waals surface area contributed by atoms with Gasteiger partial charge in [0.05, 0.1) is 6.42 Å². The maximum atomic E-state index is 12.2. The third-order valence-corrected chi connectivity index (χ3v) is 5.12. The van der Waals surface area contributed by atoms with Crippen molar-refractivity contribution in [2.24, 2.45) is 5.41 Å². The SMILES string of the molecule is O=C(O)CCSCC(/C=C/c1ccccc1)(/C=C/c1ccccc1)C(=O)O. The molecule has 0 amide bonds. The van der Waals surface area contributed by atoms with E-state index in [4.69, 9.17) is 5.11 Å². The molecule has 0 spiro atoms. The van der Waals surface area contributed by atoms with E-state index in [1.54, 1.807) is 24.3 Å². The minimum atomic E-state index is -1.23. The highest BCUT2D eigenvalue weighted by molar-refractivity contribution is 7.99. The van der Waals surface area contributed by atoms with Gasteiger partial charge < -0.3 is 10.2 Å². The molecule has 0 saturated heterocycles. The highest BCUT2D eigenvalue weighted by atomic mass is 32.2. The van der Waals surface area contributed by atoms with Crippen LogP contribution < -0.4 is 0 Å². The maximum Gasteiger partial charge on any atom is 0.318 e. The summed E-state index contributed by atoms with van der Waals surface area (Å²) in [7, 11) is 0. The zero-order valence-electron chi connectivity index (χ0n) is 14.8. The highest BCUT2D eigenvalue weighted by Gasteiger charge is 2.33. The second kappa shape index (κ2) is 10.4. The lowest BCUT2D eigenvalue weighted by Crippen LogP contribution is -2.29. The Hall–Kier alpha value is -2.79. The maximum absolute atomic E-state index is 12.2. The smallest absolute Gasteiger partial charge is 0.318 e. The summed E-state index contributed by atoms with van der Waals surface area (Å²) in [6.07, 6.45) is 6.95. The summed E-state index contributed by atoms with van der Waals surface area (Å²) in [5.74, 6) is -1.24. The third-order valence-electron chi connectivity index (χ3n) is 3.94. The Bertz CT molecular complexity index is 748. The molecule has 27 heavy (non-hydrogen) atoms. The summed E-state index contributed by atoms with van der Waals surface area (Å²) in [6, 6.07) is 19.0. The Morgan fingerprint density at radius 1 is 0.852 bits per heavy atom. The average Bonchev–Trinajstić information content (AvgIpc) is 2.68. The van der Waals surface area contributed by atoms with Crippen molar-refractivity contribution >= 4 is 35.9 Å². The Labute approximate surface area is 163 Å². The van der Waals surface area contributed by atoms with E-state index in [1.165, 1.54) is 11.8 Å². The second-order valence-electron chi connectivity index (χ2n) is 6.03. The predicted octanol–water partition coefficient (Wildman–Crippen LogP) is 4.69. The van der Waals surface area contributed by atoms with Gasteiger partial charge >= 0.3 is 11.9 Å². The molecule has 0 aliphatic rings. The van der Waals surface area contributed by atoms with E-state index < -0.39 is 17.4 Å². The van der Waals surface area contributed by atoms with Crippen molar-refractivity contribution in [2.75, 3.05) is 11.5 Å². The van der Waals surface area contributed by atoms with Crippen LogP contribution in [0.5, 0.6) is 0 Å². The van der Waals surface area contributed by atoms with Crippen LogP contribution in [0.25, 0.3) is 12.2 Å². The normalized spacial score (nSPS) is 11.9. The molecule has 0 atom stereocenters. The van der Waals surface area contributed by atoms with Crippen molar-refractivity contribution in [1.29, 1.82) is 0 Å². The molecule has 5 heteroatoms. The molecular formula is C22H22O4S.